The molecule has 2 aromatic carbocycles. The second-order valence-corrected chi connectivity index (χ2v) is 5.13. The van der Waals surface area contributed by atoms with E-state index in [4.69, 9.17) is 0 Å². The van der Waals surface area contributed by atoms with Crippen LogP contribution in [0.3, 0.4) is 0 Å². The van der Waals surface area contributed by atoms with E-state index in [2.05, 4.69) is 79.4 Å². The van der Waals surface area contributed by atoms with Crippen LogP contribution in [0.1, 0.15) is 31.4 Å². The summed E-state index contributed by atoms with van der Waals surface area (Å²) in [6.45, 7) is 6.61. The summed E-state index contributed by atoms with van der Waals surface area (Å²) in [7, 11) is 0. The van der Waals surface area contributed by atoms with Crippen LogP contribution in [0.15, 0.2) is 60.7 Å². The zero-order chi connectivity index (χ0) is 13.5. The highest BCUT2D eigenvalue weighted by Gasteiger charge is 2.12. The van der Waals surface area contributed by atoms with E-state index in [1.165, 1.54) is 17.5 Å². The first-order valence-electron chi connectivity index (χ1n) is 7.11. The second kappa shape index (κ2) is 7.10. The molecule has 0 N–H and O–H groups in total. The van der Waals surface area contributed by atoms with Gasteiger partial charge in [0, 0.05) is 19.1 Å². The van der Waals surface area contributed by atoms with E-state index >= 15 is 0 Å². The quantitative estimate of drug-likeness (QED) is 0.733. The first kappa shape index (κ1) is 13.8. The van der Waals surface area contributed by atoms with Crippen LogP contribution in [0, 0.1) is 0 Å². The average molecular weight is 253 g/mol. The fraction of sp³-hybridized carbons (Fsp3) is 0.333. The Morgan fingerprint density at radius 2 is 1.21 bits per heavy atom. The summed E-state index contributed by atoms with van der Waals surface area (Å²) in [4.78, 5) is 2.55. The predicted octanol–water partition coefficient (Wildman–Crippen LogP) is 4.49. The van der Waals surface area contributed by atoms with Gasteiger partial charge in [-0.3, -0.25) is 4.90 Å². The maximum atomic E-state index is 2.55. The number of hydrogen-bond acceptors (Lipinski definition) is 1. The van der Waals surface area contributed by atoms with Gasteiger partial charge in [-0.15, -0.1) is 0 Å². The topological polar surface area (TPSA) is 3.24 Å². The Bertz CT molecular complexity index is 422. The Kier molecular flexibility index (Phi) is 5.17. The first-order chi connectivity index (χ1) is 9.29. The minimum atomic E-state index is 0.598. The van der Waals surface area contributed by atoms with Gasteiger partial charge in [-0.25, -0.2) is 0 Å². The van der Waals surface area contributed by atoms with E-state index in [1.54, 1.807) is 0 Å². The highest BCUT2D eigenvalue weighted by molar-refractivity contribution is 5.17. The van der Waals surface area contributed by atoms with Crippen molar-refractivity contribution in [2.45, 2.75) is 39.4 Å². The van der Waals surface area contributed by atoms with Crippen molar-refractivity contribution in [1.82, 2.24) is 4.90 Å². The summed E-state index contributed by atoms with van der Waals surface area (Å²) in [5.74, 6) is 0. The Labute approximate surface area is 116 Å². The van der Waals surface area contributed by atoms with Crippen LogP contribution in [-0.4, -0.2) is 10.9 Å². The van der Waals surface area contributed by atoms with Crippen LogP contribution in [-0.2, 0) is 13.1 Å². The molecule has 100 valence electrons. The highest BCUT2D eigenvalue weighted by Crippen LogP contribution is 2.14. The molecule has 0 heterocycles. The number of hydrogen-bond donors (Lipinski definition) is 0. The van der Waals surface area contributed by atoms with Crippen molar-refractivity contribution in [3.8, 4) is 0 Å². The highest BCUT2D eigenvalue weighted by atomic mass is 15.1. The maximum Gasteiger partial charge on any atom is 0.0240 e. The van der Waals surface area contributed by atoms with Crippen LogP contribution in [0.25, 0.3) is 0 Å². The summed E-state index contributed by atoms with van der Waals surface area (Å²) in [5, 5.41) is 0. The Morgan fingerprint density at radius 1 is 0.789 bits per heavy atom. The van der Waals surface area contributed by atoms with Gasteiger partial charge < -0.3 is 0 Å². The predicted molar refractivity (Wildman–Crippen MR) is 81.9 cm³/mol. The summed E-state index contributed by atoms with van der Waals surface area (Å²) in [5.41, 5.74) is 2.78. The van der Waals surface area contributed by atoms with E-state index < -0.39 is 0 Å². The van der Waals surface area contributed by atoms with Crippen molar-refractivity contribution in [3.63, 3.8) is 0 Å². The Hall–Kier alpha value is -1.60. The fourth-order valence-electron chi connectivity index (χ4n) is 2.26. The number of rotatable bonds is 6. The molecule has 0 saturated heterocycles. The van der Waals surface area contributed by atoms with Crippen LogP contribution in [0.5, 0.6) is 0 Å². The van der Waals surface area contributed by atoms with E-state index in [1.807, 2.05) is 0 Å². The van der Waals surface area contributed by atoms with E-state index in [-0.39, 0.29) is 0 Å². The van der Waals surface area contributed by atoms with Crippen molar-refractivity contribution in [1.29, 1.82) is 0 Å². The molecule has 1 nitrogen and oxygen atoms in total. The Balaban J connectivity index is 2.08. The lowest BCUT2D eigenvalue weighted by atomic mass is 10.1. The molecule has 2 rings (SSSR count). The van der Waals surface area contributed by atoms with Crippen molar-refractivity contribution in [2.75, 3.05) is 0 Å². The monoisotopic (exact) mass is 253 g/mol. The van der Waals surface area contributed by atoms with Crippen LogP contribution in [0.4, 0.5) is 0 Å². The molecule has 0 aromatic heterocycles. The van der Waals surface area contributed by atoms with Gasteiger partial charge in [0.1, 0.15) is 0 Å². The standard InChI is InChI=1S/C18H23N/c1-3-16(2)19(14-17-10-6-4-7-11-17)15-18-12-8-5-9-13-18/h4-13,16H,3,14-15H2,1-2H3/t16-/m1/s1. The minimum absolute atomic E-state index is 0.598. The maximum absolute atomic E-state index is 2.55. The summed E-state index contributed by atoms with van der Waals surface area (Å²) >= 11 is 0. The molecule has 1 heteroatoms. The Morgan fingerprint density at radius 3 is 1.58 bits per heavy atom. The molecule has 1 atom stereocenters. The third kappa shape index (κ3) is 4.22. The third-order valence-electron chi connectivity index (χ3n) is 3.67. The molecule has 0 bridgehead atoms. The number of nitrogens with zero attached hydrogens (tertiary/aromatic N) is 1. The lowest BCUT2D eigenvalue weighted by molar-refractivity contribution is 0.186. The summed E-state index contributed by atoms with van der Waals surface area (Å²) < 4.78 is 0. The molecule has 2 aromatic rings. The second-order valence-electron chi connectivity index (χ2n) is 5.13. The van der Waals surface area contributed by atoms with Gasteiger partial charge >= 0.3 is 0 Å². The molecule has 0 radical (unpaired) electrons. The lowest BCUT2D eigenvalue weighted by Gasteiger charge is -2.28. The lowest BCUT2D eigenvalue weighted by Crippen LogP contribution is -2.31. The van der Waals surface area contributed by atoms with E-state index in [0.29, 0.717) is 6.04 Å². The van der Waals surface area contributed by atoms with E-state index in [0.717, 1.165) is 13.1 Å². The molecule has 19 heavy (non-hydrogen) atoms. The van der Waals surface area contributed by atoms with Gasteiger partial charge in [0.2, 0.25) is 0 Å². The van der Waals surface area contributed by atoms with Gasteiger partial charge in [0.25, 0.3) is 0 Å². The average Bonchev–Trinajstić information content (AvgIpc) is 2.48. The molecule has 0 saturated carbocycles. The smallest absolute Gasteiger partial charge is 0.0240 e. The molecule has 0 amide bonds. The molecule has 0 aliphatic rings. The number of benzene rings is 2. The van der Waals surface area contributed by atoms with Gasteiger partial charge in [-0.2, -0.15) is 0 Å². The van der Waals surface area contributed by atoms with Crippen LogP contribution < -0.4 is 0 Å². The molecule has 0 spiro atoms. The third-order valence-corrected chi connectivity index (χ3v) is 3.67. The molecular formula is C18H23N. The van der Waals surface area contributed by atoms with Crippen molar-refractivity contribution < 1.29 is 0 Å². The fourth-order valence-corrected chi connectivity index (χ4v) is 2.26. The SMILES string of the molecule is CC[C@@H](C)N(Cc1ccccc1)Cc1ccccc1. The minimum Gasteiger partial charge on any atom is -0.292 e. The van der Waals surface area contributed by atoms with Gasteiger partial charge in [0.15, 0.2) is 0 Å². The largest absolute Gasteiger partial charge is 0.292 e. The zero-order valence-electron chi connectivity index (χ0n) is 11.9. The molecule has 0 aliphatic heterocycles. The van der Waals surface area contributed by atoms with Gasteiger partial charge in [-0.05, 0) is 24.5 Å². The summed E-state index contributed by atoms with van der Waals surface area (Å²) in [6, 6.07) is 22.1. The van der Waals surface area contributed by atoms with Gasteiger partial charge in [-0.1, -0.05) is 67.6 Å². The van der Waals surface area contributed by atoms with E-state index in [9.17, 15) is 0 Å². The zero-order valence-corrected chi connectivity index (χ0v) is 11.9. The van der Waals surface area contributed by atoms with Crippen molar-refractivity contribution in [3.05, 3.63) is 71.8 Å². The molecule has 0 aliphatic carbocycles. The van der Waals surface area contributed by atoms with Crippen LogP contribution >= 0.6 is 0 Å². The van der Waals surface area contributed by atoms with Crippen molar-refractivity contribution in [2.24, 2.45) is 0 Å². The molecule has 0 unspecified atom stereocenters. The molecular weight excluding hydrogens is 230 g/mol. The van der Waals surface area contributed by atoms with Gasteiger partial charge in [0.05, 0.1) is 0 Å². The van der Waals surface area contributed by atoms with Crippen LogP contribution in [0.2, 0.25) is 0 Å². The normalized spacial score (nSPS) is 12.6. The first-order valence-corrected chi connectivity index (χ1v) is 7.11. The summed E-state index contributed by atoms with van der Waals surface area (Å²) in [6.07, 6.45) is 1.18. The molecule has 0 fully saturated rings. The van der Waals surface area contributed by atoms with Crippen molar-refractivity contribution >= 4 is 0 Å².